The molecule has 0 saturated carbocycles. The summed E-state index contributed by atoms with van der Waals surface area (Å²) in [5, 5.41) is 0. The average molecular weight is 475 g/mol. The summed E-state index contributed by atoms with van der Waals surface area (Å²) in [7, 11) is 0. The maximum absolute atomic E-state index is 3.97. The van der Waals surface area contributed by atoms with Crippen LogP contribution in [0.15, 0.2) is 144 Å². The highest BCUT2D eigenvalue weighted by Crippen LogP contribution is 2.50. The Bertz CT molecular complexity index is 1200. The number of halogens is 1. The van der Waals surface area contributed by atoms with Crippen LogP contribution in [0.4, 0.5) is 0 Å². The molecule has 5 aromatic carbocycles. The highest BCUT2D eigenvalue weighted by Gasteiger charge is 2.41. The number of rotatable bonds is 5. The van der Waals surface area contributed by atoms with Gasteiger partial charge in [-0.05, 0) is 39.4 Å². The Morgan fingerprint density at radius 2 is 0.812 bits per heavy atom. The molecule has 32 heavy (non-hydrogen) atoms. The van der Waals surface area contributed by atoms with Gasteiger partial charge in [-0.3, -0.25) is 0 Å². The third-order valence-corrected chi connectivity index (χ3v) is 6.75. The van der Waals surface area contributed by atoms with Crippen molar-refractivity contribution in [1.29, 1.82) is 0 Å². The SMILES string of the molecule is Brc1cccc(-c2ccccc2)c1C(c1ccccc1)(c1ccccc1)c1ccccc1. The summed E-state index contributed by atoms with van der Waals surface area (Å²) in [5.41, 5.74) is 6.89. The molecule has 0 fully saturated rings. The van der Waals surface area contributed by atoms with Crippen LogP contribution in [0.2, 0.25) is 0 Å². The lowest BCUT2D eigenvalue weighted by molar-refractivity contribution is 0.743. The third-order valence-electron chi connectivity index (χ3n) is 6.09. The Morgan fingerprint density at radius 3 is 1.25 bits per heavy atom. The lowest BCUT2D eigenvalue weighted by atomic mass is 9.63. The Labute approximate surface area is 198 Å². The first-order valence-corrected chi connectivity index (χ1v) is 11.6. The third kappa shape index (κ3) is 3.49. The molecule has 0 N–H and O–H groups in total. The van der Waals surface area contributed by atoms with Gasteiger partial charge in [-0.2, -0.15) is 0 Å². The van der Waals surface area contributed by atoms with Crippen molar-refractivity contribution in [3.05, 3.63) is 166 Å². The van der Waals surface area contributed by atoms with Crippen LogP contribution in [0.1, 0.15) is 22.3 Å². The highest BCUT2D eigenvalue weighted by atomic mass is 79.9. The number of hydrogen-bond donors (Lipinski definition) is 0. The van der Waals surface area contributed by atoms with Gasteiger partial charge in [0.25, 0.3) is 0 Å². The van der Waals surface area contributed by atoms with Crippen molar-refractivity contribution in [2.75, 3.05) is 0 Å². The van der Waals surface area contributed by atoms with Crippen LogP contribution < -0.4 is 0 Å². The van der Waals surface area contributed by atoms with Gasteiger partial charge in [-0.15, -0.1) is 0 Å². The minimum Gasteiger partial charge on any atom is -0.0622 e. The zero-order valence-electron chi connectivity index (χ0n) is 17.7. The molecule has 0 spiro atoms. The van der Waals surface area contributed by atoms with E-state index in [0.717, 1.165) is 4.47 Å². The molecule has 0 aromatic heterocycles. The van der Waals surface area contributed by atoms with Gasteiger partial charge in [-0.1, -0.05) is 149 Å². The first-order valence-electron chi connectivity index (χ1n) is 10.8. The second-order valence-corrected chi connectivity index (χ2v) is 8.73. The minimum atomic E-state index is -0.491. The van der Waals surface area contributed by atoms with Crippen molar-refractivity contribution < 1.29 is 0 Å². The smallest absolute Gasteiger partial charge is 0.0622 e. The quantitative estimate of drug-likeness (QED) is 0.224. The fourth-order valence-electron chi connectivity index (χ4n) is 4.76. The molecule has 0 radical (unpaired) electrons. The highest BCUT2D eigenvalue weighted by molar-refractivity contribution is 9.10. The van der Waals surface area contributed by atoms with Gasteiger partial charge in [0.2, 0.25) is 0 Å². The molecule has 5 rings (SSSR count). The van der Waals surface area contributed by atoms with Crippen molar-refractivity contribution in [3.8, 4) is 11.1 Å². The summed E-state index contributed by atoms with van der Waals surface area (Å²) >= 11 is 3.97. The minimum absolute atomic E-state index is 0.491. The number of benzene rings is 5. The van der Waals surface area contributed by atoms with Crippen molar-refractivity contribution >= 4 is 15.9 Å². The fourth-order valence-corrected chi connectivity index (χ4v) is 5.42. The monoisotopic (exact) mass is 474 g/mol. The molecular formula is C31H23Br. The molecule has 0 aliphatic heterocycles. The predicted octanol–water partition coefficient (Wildman–Crippen LogP) is 8.50. The zero-order valence-corrected chi connectivity index (χ0v) is 19.2. The molecule has 0 aliphatic rings. The van der Waals surface area contributed by atoms with E-state index in [1.165, 1.54) is 33.4 Å². The first kappa shape index (κ1) is 20.5. The average Bonchev–Trinajstić information content (AvgIpc) is 2.88. The van der Waals surface area contributed by atoms with Crippen LogP contribution in [0.3, 0.4) is 0 Å². The van der Waals surface area contributed by atoms with E-state index >= 15 is 0 Å². The van der Waals surface area contributed by atoms with Crippen LogP contribution in [0.25, 0.3) is 11.1 Å². The zero-order chi connectivity index (χ0) is 21.8. The van der Waals surface area contributed by atoms with Crippen molar-refractivity contribution in [3.63, 3.8) is 0 Å². The van der Waals surface area contributed by atoms with Crippen molar-refractivity contribution in [1.82, 2.24) is 0 Å². The molecule has 0 amide bonds. The second-order valence-electron chi connectivity index (χ2n) is 7.88. The van der Waals surface area contributed by atoms with E-state index in [4.69, 9.17) is 0 Å². The van der Waals surface area contributed by atoms with Crippen molar-refractivity contribution in [2.24, 2.45) is 0 Å². The van der Waals surface area contributed by atoms with E-state index in [0.29, 0.717) is 0 Å². The number of hydrogen-bond acceptors (Lipinski definition) is 0. The van der Waals surface area contributed by atoms with Gasteiger partial charge in [0, 0.05) is 4.47 Å². The largest absolute Gasteiger partial charge is 0.0718 e. The lowest BCUT2D eigenvalue weighted by Crippen LogP contribution is -2.32. The van der Waals surface area contributed by atoms with E-state index in [-0.39, 0.29) is 0 Å². The summed E-state index contributed by atoms with van der Waals surface area (Å²) in [6, 6.07) is 49.7. The predicted molar refractivity (Wildman–Crippen MR) is 138 cm³/mol. The normalized spacial score (nSPS) is 11.3. The summed E-state index contributed by atoms with van der Waals surface area (Å²) in [5.74, 6) is 0. The molecule has 0 atom stereocenters. The Kier molecular flexibility index (Phi) is 5.75. The van der Waals surface area contributed by atoms with E-state index < -0.39 is 5.41 Å². The molecule has 0 aliphatic carbocycles. The molecule has 0 unspecified atom stereocenters. The Balaban J connectivity index is 1.98. The Hall–Kier alpha value is -3.42. The Morgan fingerprint density at radius 1 is 0.406 bits per heavy atom. The molecule has 0 bridgehead atoms. The molecule has 5 aromatic rings. The first-order chi connectivity index (χ1) is 15.8. The maximum atomic E-state index is 3.97. The van der Waals surface area contributed by atoms with Crippen LogP contribution in [0.5, 0.6) is 0 Å². The maximum Gasteiger partial charge on any atom is 0.0718 e. The van der Waals surface area contributed by atoms with Crippen molar-refractivity contribution in [2.45, 2.75) is 5.41 Å². The molecule has 0 heterocycles. The van der Waals surface area contributed by atoms with Crippen LogP contribution in [0, 0.1) is 0 Å². The lowest BCUT2D eigenvalue weighted by Gasteiger charge is -2.39. The summed E-state index contributed by atoms with van der Waals surface area (Å²) < 4.78 is 1.09. The molecule has 1 heteroatoms. The van der Waals surface area contributed by atoms with E-state index in [1.807, 2.05) is 0 Å². The summed E-state index contributed by atoms with van der Waals surface area (Å²) in [6.07, 6.45) is 0. The van der Waals surface area contributed by atoms with Gasteiger partial charge in [-0.25, -0.2) is 0 Å². The van der Waals surface area contributed by atoms with E-state index in [1.54, 1.807) is 0 Å². The van der Waals surface area contributed by atoms with Gasteiger partial charge >= 0.3 is 0 Å². The van der Waals surface area contributed by atoms with Gasteiger partial charge in [0.1, 0.15) is 0 Å². The standard InChI is InChI=1S/C31H23Br/c32-29-23-13-22-28(24-14-5-1-6-15-24)30(29)31(25-16-7-2-8-17-25,26-18-9-3-10-19-26)27-20-11-4-12-21-27/h1-23H. The summed E-state index contributed by atoms with van der Waals surface area (Å²) in [6.45, 7) is 0. The van der Waals surface area contributed by atoms with Gasteiger partial charge in [0.05, 0.1) is 5.41 Å². The van der Waals surface area contributed by atoms with E-state index in [2.05, 4.69) is 155 Å². The van der Waals surface area contributed by atoms with E-state index in [9.17, 15) is 0 Å². The molecule has 154 valence electrons. The van der Waals surface area contributed by atoms with Crippen LogP contribution in [-0.2, 0) is 5.41 Å². The van der Waals surface area contributed by atoms with Crippen LogP contribution in [-0.4, -0.2) is 0 Å². The molecule has 0 saturated heterocycles. The van der Waals surface area contributed by atoms with Gasteiger partial charge < -0.3 is 0 Å². The fraction of sp³-hybridized carbons (Fsp3) is 0.0323. The second kappa shape index (κ2) is 8.98. The van der Waals surface area contributed by atoms with Gasteiger partial charge in [0.15, 0.2) is 0 Å². The summed E-state index contributed by atoms with van der Waals surface area (Å²) in [4.78, 5) is 0. The molecule has 0 nitrogen and oxygen atoms in total. The topological polar surface area (TPSA) is 0 Å². The molecular weight excluding hydrogens is 452 g/mol. The van der Waals surface area contributed by atoms with Crippen LogP contribution >= 0.6 is 15.9 Å².